The Morgan fingerprint density at radius 2 is 1.84 bits per heavy atom. The van der Waals surface area contributed by atoms with Crippen LogP contribution >= 0.6 is 0 Å². The second-order valence-corrected chi connectivity index (χ2v) is 5.15. The fourth-order valence-electron chi connectivity index (χ4n) is 2.07. The number of carbonyl (C=O) groups excluding carboxylic acids is 2. The standard InChI is InChI=1S/C15H21NO3/c1-11(2)8-12(9-14(17)18)10-16-15(19)13-6-4-3-5-7-13/h3-7,11-12H,8-10H2,1-2H3,(H,16,19)(H,17,18)/p-1. The van der Waals surface area contributed by atoms with E-state index in [1.807, 2.05) is 19.9 Å². The van der Waals surface area contributed by atoms with E-state index < -0.39 is 5.97 Å². The lowest BCUT2D eigenvalue weighted by Gasteiger charge is -2.20. The molecule has 0 fully saturated rings. The summed E-state index contributed by atoms with van der Waals surface area (Å²) in [4.78, 5) is 22.5. The van der Waals surface area contributed by atoms with Gasteiger partial charge in [0, 0.05) is 18.1 Å². The Hall–Kier alpha value is -1.84. The molecule has 4 nitrogen and oxygen atoms in total. The Morgan fingerprint density at radius 1 is 1.21 bits per heavy atom. The van der Waals surface area contributed by atoms with E-state index in [-0.39, 0.29) is 18.2 Å². The lowest BCUT2D eigenvalue weighted by molar-refractivity contribution is -0.306. The van der Waals surface area contributed by atoms with Gasteiger partial charge < -0.3 is 15.2 Å². The van der Waals surface area contributed by atoms with Crippen molar-refractivity contribution in [3.8, 4) is 0 Å². The number of amides is 1. The van der Waals surface area contributed by atoms with E-state index in [0.717, 1.165) is 6.42 Å². The van der Waals surface area contributed by atoms with E-state index in [0.29, 0.717) is 18.0 Å². The minimum atomic E-state index is -1.07. The average molecular weight is 262 g/mol. The van der Waals surface area contributed by atoms with Crippen LogP contribution in [0.15, 0.2) is 30.3 Å². The lowest BCUT2D eigenvalue weighted by atomic mass is 9.94. The van der Waals surface area contributed by atoms with Crippen molar-refractivity contribution in [2.75, 3.05) is 6.54 Å². The molecule has 0 aliphatic carbocycles. The van der Waals surface area contributed by atoms with Crippen molar-refractivity contribution in [2.45, 2.75) is 26.7 Å². The molecule has 19 heavy (non-hydrogen) atoms. The zero-order chi connectivity index (χ0) is 14.3. The van der Waals surface area contributed by atoms with Crippen molar-refractivity contribution in [1.82, 2.24) is 5.32 Å². The van der Waals surface area contributed by atoms with E-state index in [4.69, 9.17) is 0 Å². The topological polar surface area (TPSA) is 69.2 Å². The highest BCUT2D eigenvalue weighted by atomic mass is 16.4. The second kappa shape index (κ2) is 7.56. The number of hydrogen-bond acceptors (Lipinski definition) is 3. The number of benzene rings is 1. The molecular formula is C15H20NO3-. The molecule has 1 N–H and O–H groups in total. The first kappa shape index (κ1) is 15.2. The third-order valence-corrected chi connectivity index (χ3v) is 2.85. The predicted molar refractivity (Wildman–Crippen MR) is 71.3 cm³/mol. The van der Waals surface area contributed by atoms with E-state index in [9.17, 15) is 14.7 Å². The Labute approximate surface area is 113 Å². The number of carbonyl (C=O) groups is 2. The molecule has 0 saturated carbocycles. The molecule has 0 spiro atoms. The molecule has 0 heterocycles. The average Bonchev–Trinajstić information content (AvgIpc) is 2.35. The number of aliphatic carboxylic acids is 1. The molecular weight excluding hydrogens is 242 g/mol. The SMILES string of the molecule is CC(C)CC(CNC(=O)c1ccccc1)CC(=O)[O-]. The first-order valence-electron chi connectivity index (χ1n) is 6.52. The Kier molecular flexibility index (Phi) is 6.06. The molecule has 1 rings (SSSR count). The lowest BCUT2D eigenvalue weighted by Crippen LogP contribution is -2.34. The van der Waals surface area contributed by atoms with Crippen molar-refractivity contribution in [2.24, 2.45) is 11.8 Å². The summed E-state index contributed by atoms with van der Waals surface area (Å²) in [6, 6.07) is 8.88. The molecule has 0 saturated heterocycles. The summed E-state index contributed by atoms with van der Waals surface area (Å²) in [5, 5.41) is 13.5. The van der Waals surface area contributed by atoms with Gasteiger partial charge in [0.25, 0.3) is 5.91 Å². The summed E-state index contributed by atoms with van der Waals surface area (Å²) < 4.78 is 0. The summed E-state index contributed by atoms with van der Waals surface area (Å²) in [6.45, 7) is 4.42. The van der Waals surface area contributed by atoms with Crippen molar-refractivity contribution >= 4 is 11.9 Å². The fourth-order valence-corrected chi connectivity index (χ4v) is 2.07. The van der Waals surface area contributed by atoms with Gasteiger partial charge in [-0.05, 0) is 36.8 Å². The van der Waals surface area contributed by atoms with E-state index in [1.165, 1.54) is 0 Å². The molecule has 0 aliphatic rings. The minimum absolute atomic E-state index is 0.0206. The summed E-state index contributed by atoms with van der Waals surface area (Å²) in [5.74, 6) is -0.942. The van der Waals surface area contributed by atoms with Crippen LogP contribution in [0, 0.1) is 11.8 Å². The van der Waals surface area contributed by atoms with Crippen LogP contribution < -0.4 is 10.4 Å². The fraction of sp³-hybridized carbons (Fsp3) is 0.467. The van der Waals surface area contributed by atoms with Gasteiger partial charge in [0.15, 0.2) is 0 Å². The van der Waals surface area contributed by atoms with Crippen LogP contribution in [-0.4, -0.2) is 18.4 Å². The first-order chi connectivity index (χ1) is 8.99. The normalized spacial score (nSPS) is 12.2. The molecule has 4 heteroatoms. The molecule has 1 aromatic rings. The van der Waals surface area contributed by atoms with Gasteiger partial charge in [-0.15, -0.1) is 0 Å². The van der Waals surface area contributed by atoms with Crippen LogP contribution in [-0.2, 0) is 4.79 Å². The smallest absolute Gasteiger partial charge is 0.251 e. The van der Waals surface area contributed by atoms with Crippen molar-refractivity contribution < 1.29 is 14.7 Å². The van der Waals surface area contributed by atoms with Crippen LogP contribution in [0.3, 0.4) is 0 Å². The van der Waals surface area contributed by atoms with Gasteiger partial charge >= 0.3 is 0 Å². The summed E-state index contributed by atoms with van der Waals surface area (Å²) in [7, 11) is 0. The summed E-state index contributed by atoms with van der Waals surface area (Å²) in [6.07, 6.45) is 0.732. The summed E-state index contributed by atoms with van der Waals surface area (Å²) >= 11 is 0. The third-order valence-electron chi connectivity index (χ3n) is 2.85. The zero-order valence-electron chi connectivity index (χ0n) is 11.4. The Bertz CT molecular complexity index is 415. The number of carboxylic acids is 1. The van der Waals surface area contributed by atoms with Gasteiger partial charge in [-0.2, -0.15) is 0 Å². The Balaban J connectivity index is 2.51. The maximum Gasteiger partial charge on any atom is 0.251 e. The highest BCUT2D eigenvalue weighted by Gasteiger charge is 2.13. The Morgan fingerprint density at radius 3 is 2.37 bits per heavy atom. The van der Waals surface area contributed by atoms with Gasteiger partial charge in [0.1, 0.15) is 0 Å². The van der Waals surface area contributed by atoms with Crippen LogP contribution in [0.25, 0.3) is 0 Å². The third kappa shape index (κ3) is 6.04. The van der Waals surface area contributed by atoms with Gasteiger partial charge in [-0.3, -0.25) is 4.79 Å². The van der Waals surface area contributed by atoms with E-state index in [1.54, 1.807) is 24.3 Å². The maximum absolute atomic E-state index is 11.8. The summed E-state index contributed by atoms with van der Waals surface area (Å²) in [5.41, 5.74) is 0.583. The van der Waals surface area contributed by atoms with Crippen LogP contribution in [0.1, 0.15) is 37.0 Å². The van der Waals surface area contributed by atoms with Crippen molar-refractivity contribution in [3.63, 3.8) is 0 Å². The van der Waals surface area contributed by atoms with Crippen molar-refractivity contribution in [3.05, 3.63) is 35.9 Å². The monoisotopic (exact) mass is 262 g/mol. The largest absolute Gasteiger partial charge is 0.550 e. The van der Waals surface area contributed by atoms with E-state index >= 15 is 0 Å². The van der Waals surface area contributed by atoms with Gasteiger partial charge in [-0.1, -0.05) is 32.0 Å². The predicted octanol–water partition coefficient (Wildman–Crippen LogP) is 1.22. The van der Waals surface area contributed by atoms with Crippen molar-refractivity contribution in [1.29, 1.82) is 0 Å². The zero-order valence-corrected chi connectivity index (χ0v) is 11.4. The van der Waals surface area contributed by atoms with Crippen LogP contribution in [0.4, 0.5) is 0 Å². The van der Waals surface area contributed by atoms with Crippen LogP contribution in [0.5, 0.6) is 0 Å². The maximum atomic E-state index is 11.8. The first-order valence-corrected chi connectivity index (χ1v) is 6.52. The molecule has 1 atom stereocenters. The molecule has 0 radical (unpaired) electrons. The molecule has 1 aromatic carbocycles. The number of nitrogens with one attached hydrogen (secondary N) is 1. The molecule has 1 unspecified atom stereocenters. The highest BCUT2D eigenvalue weighted by molar-refractivity contribution is 5.94. The number of rotatable bonds is 7. The molecule has 0 aromatic heterocycles. The molecule has 0 aliphatic heterocycles. The quantitative estimate of drug-likeness (QED) is 0.803. The van der Waals surface area contributed by atoms with Gasteiger partial charge in [0.2, 0.25) is 0 Å². The highest BCUT2D eigenvalue weighted by Crippen LogP contribution is 2.14. The second-order valence-electron chi connectivity index (χ2n) is 5.15. The van der Waals surface area contributed by atoms with Crippen LogP contribution in [0.2, 0.25) is 0 Å². The molecule has 1 amide bonds. The molecule has 104 valence electrons. The van der Waals surface area contributed by atoms with Gasteiger partial charge in [-0.25, -0.2) is 0 Å². The van der Waals surface area contributed by atoms with E-state index in [2.05, 4.69) is 5.32 Å². The van der Waals surface area contributed by atoms with Gasteiger partial charge in [0.05, 0.1) is 0 Å². The number of hydrogen-bond donors (Lipinski definition) is 1. The molecule has 0 bridgehead atoms. The minimum Gasteiger partial charge on any atom is -0.550 e. The number of carboxylic acid groups (broad SMARTS) is 1.